The molecule has 0 bridgehead atoms. The molecule has 17 heteroatoms. The van der Waals surface area contributed by atoms with Crippen LogP contribution < -0.4 is 10.8 Å². The highest BCUT2D eigenvalue weighted by Crippen LogP contribution is 2.48. The number of nitrogen functional groups attached to an aromatic ring is 1. The molecule has 1 saturated heterocycles. The van der Waals surface area contributed by atoms with Crippen molar-refractivity contribution >= 4 is 36.7 Å². The fourth-order valence-corrected chi connectivity index (χ4v) is 8.41. The molecule has 3 heterocycles. The fourth-order valence-electron chi connectivity index (χ4n) is 6.97. The molecule has 332 valence electrons. The summed E-state index contributed by atoms with van der Waals surface area (Å²) >= 11 is 0. The SMILES string of the molecule is C#C[C@]1(CO[P@](=O)(N[C@@H](Cc2ccccc2)C(=O)OCCCCCCCCCC)OCC(=O)OCCCCCCCCCC)O[C@@H](n2cnc3c(N)nc(F)nc32)C[C@@H]1O. The average molecular weight is 859 g/mol. The van der Waals surface area contributed by atoms with Crippen LogP contribution in [-0.2, 0) is 43.8 Å². The largest absolute Gasteiger partial charge is 0.465 e. The highest BCUT2D eigenvalue weighted by Gasteiger charge is 2.50. The maximum Gasteiger partial charge on any atom is 0.406 e. The van der Waals surface area contributed by atoms with Gasteiger partial charge in [-0.15, -0.1) is 6.42 Å². The van der Waals surface area contributed by atoms with Gasteiger partial charge in [-0.3, -0.25) is 18.4 Å². The van der Waals surface area contributed by atoms with E-state index in [1.807, 2.05) is 6.07 Å². The molecule has 0 amide bonds. The number of nitrogens with one attached hydrogen (secondary N) is 1. The van der Waals surface area contributed by atoms with Gasteiger partial charge in [-0.1, -0.05) is 140 Å². The average Bonchev–Trinajstić information content (AvgIpc) is 3.82. The van der Waals surface area contributed by atoms with E-state index in [0.29, 0.717) is 12.8 Å². The van der Waals surface area contributed by atoms with Crippen molar-refractivity contribution < 1.29 is 46.9 Å². The first-order valence-electron chi connectivity index (χ1n) is 21.5. The van der Waals surface area contributed by atoms with Crippen molar-refractivity contribution in [3.8, 4) is 12.3 Å². The molecule has 5 atom stereocenters. The number of hydrogen-bond donors (Lipinski definition) is 3. The van der Waals surface area contributed by atoms with E-state index in [-0.39, 0.29) is 43.0 Å². The summed E-state index contributed by atoms with van der Waals surface area (Å²) in [5.41, 5.74) is 4.74. The van der Waals surface area contributed by atoms with Gasteiger partial charge in [0.1, 0.15) is 25.0 Å². The van der Waals surface area contributed by atoms with E-state index in [0.717, 1.165) is 44.1 Å². The molecule has 1 aromatic carbocycles. The molecule has 3 aromatic rings. The van der Waals surface area contributed by atoms with Crippen molar-refractivity contribution in [2.75, 3.05) is 32.2 Å². The summed E-state index contributed by atoms with van der Waals surface area (Å²) in [7, 11) is -4.66. The number of carbonyl (C=O) groups is 2. The molecule has 4 rings (SSSR count). The van der Waals surface area contributed by atoms with E-state index in [1.165, 1.54) is 62.3 Å². The van der Waals surface area contributed by atoms with Gasteiger partial charge in [0.05, 0.1) is 19.5 Å². The number of aromatic nitrogens is 4. The van der Waals surface area contributed by atoms with Crippen LogP contribution in [0, 0.1) is 18.4 Å². The number of ether oxygens (including phenoxy) is 3. The van der Waals surface area contributed by atoms with Crippen molar-refractivity contribution in [3.63, 3.8) is 0 Å². The van der Waals surface area contributed by atoms with Crippen LogP contribution in [-0.4, -0.2) is 80.7 Å². The normalized spacial score (nSPS) is 19.2. The topological polar surface area (TPSA) is 199 Å². The number of benzene rings is 1. The molecule has 60 heavy (non-hydrogen) atoms. The predicted molar refractivity (Wildman–Crippen MR) is 226 cm³/mol. The second-order valence-electron chi connectivity index (χ2n) is 15.3. The molecular weight excluding hydrogens is 794 g/mol. The molecule has 0 saturated carbocycles. The molecule has 0 aliphatic carbocycles. The Hall–Kier alpha value is -3.97. The summed E-state index contributed by atoms with van der Waals surface area (Å²) in [6.07, 6.45) is 20.6. The molecule has 4 N–H and O–H groups in total. The Labute approximate surface area is 353 Å². The van der Waals surface area contributed by atoms with Crippen LogP contribution in [0.1, 0.15) is 135 Å². The van der Waals surface area contributed by atoms with Gasteiger partial charge in [0.2, 0.25) is 0 Å². The number of aliphatic hydroxyl groups is 1. The first kappa shape index (κ1) is 48.7. The van der Waals surface area contributed by atoms with E-state index in [4.69, 9.17) is 35.4 Å². The van der Waals surface area contributed by atoms with Gasteiger partial charge in [-0.05, 0) is 24.8 Å². The van der Waals surface area contributed by atoms with Gasteiger partial charge in [-0.2, -0.15) is 14.4 Å². The van der Waals surface area contributed by atoms with Crippen LogP contribution in [0.25, 0.3) is 11.2 Å². The number of unbranched alkanes of at least 4 members (excludes halogenated alkanes) is 14. The predicted octanol–water partition coefficient (Wildman–Crippen LogP) is 7.91. The number of imidazole rings is 1. The maximum absolute atomic E-state index is 14.7. The minimum absolute atomic E-state index is 0.00124. The minimum atomic E-state index is -4.66. The Kier molecular flexibility index (Phi) is 20.9. The summed E-state index contributed by atoms with van der Waals surface area (Å²) < 4.78 is 58.9. The molecule has 1 fully saturated rings. The highest BCUT2D eigenvalue weighted by atomic mass is 31.2. The summed E-state index contributed by atoms with van der Waals surface area (Å²) in [6.45, 7) is 3.17. The Morgan fingerprint density at radius 1 is 0.967 bits per heavy atom. The standard InChI is InChI=1S/C43H64FN6O9P/c1-4-7-9-11-13-15-17-22-26-55-37(52)30-57-60(54,49-34(28-33-24-20-19-21-25-33)41(53)56-27-23-18-16-14-12-10-8-5-2)58-31-43(6-3)35(51)29-36(59-43)50-32-46-38-39(45)47-42(44)48-40(38)50/h3,19-21,24-25,32,34-36,51H,4-5,7-18,22-23,26-31H2,1-2H3,(H,49,54)(H2,45,47,48)/t34-,35-,36+,43+,60-/m0/s1. The number of aliphatic hydroxyl groups excluding tert-OH is 1. The Morgan fingerprint density at radius 2 is 1.57 bits per heavy atom. The fraction of sp³-hybridized carbons (Fsp3) is 0.651. The number of rotatable bonds is 30. The van der Waals surface area contributed by atoms with Crippen LogP contribution in [0.3, 0.4) is 0 Å². The first-order chi connectivity index (χ1) is 29.0. The number of esters is 2. The molecule has 1 aliphatic rings. The third-order valence-corrected chi connectivity index (χ3v) is 12.0. The smallest absolute Gasteiger partial charge is 0.406 e. The first-order valence-corrected chi connectivity index (χ1v) is 23.1. The number of nitrogens with two attached hydrogens (primary N) is 1. The Balaban J connectivity index is 1.46. The van der Waals surface area contributed by atoms with Crippen molar-refractivity contribution in [2.45, 2.75) is 153 Å². The lowest BCUT2D eigenvalue weighted by molar-refractivity contribution is -0.146. The number of nitrogens with zero attached hydrogens (tertiary/aromatic N) is 4. The van der Waals surface area contributed by atoms with Gasteiger partial charge >= 0.3 is 25.8 Å². The van der Waals surface area contributed by atoms with E-state index >= 15 is 0 Å². The lowest BCUT2D eigenvalue weighted by atomic mass is 9.99. The van der Waals surface area contributed by atoms with Crippen LogP contribution >= 0.6 is 7.75 Å². The molecule has 1 aliphatic heterocycles. The Bertz CT molecular complexity index is 1850. The van der Waals surface area contributed by atoms with Crippen LogP contribution in [0.2, 0.25) is 0 Å². The van der Waals surface area contributed by atoms with Gasteiger partial charge < -0.3 is 25.1 Å². The van der Waals surface area contributed by atoms with Crippen LogP contribution in [0.4, 0.5) is 10.2 Å². The lowest BCUT2D eigenvalue weighted by Gasteiger charge is -2.30. The van der Waals surface area contributed by atoms with Crippen LogP contribution in [0.15, 0.2) is 36.7 Å². The molecule has 15 nitrogen and oxygen atoms in total. The summed E-state index contributed by atoms with van der Waals surface area (Å²) in [5.74, 6) is 0.734. The van der Waals surface area contributed by atoms with Crippen molar-refractivity contribution in [1.29, 1.82) is 0 Å². The van der Waals surface area contributed by atoms with Gasteiger partial charge in [0.15, 0.2) is 29.2 Å². The minimum Gasteiger partial charge on any atom is -0.465 e. The monoisotopic (exact) mass is 858 g/mol. The summed E-state index contributed by atoms with van der Waals surface area (Å²) in [5, 5.41) is 14.0. The van der Waals surface area contributed by atoms with Gasteiger partial charge in [0.25, 0.3) is 0 Å². The second-order valence-corrected chi connectivity index (χ2v) is 17.1. The van der Waals surface area contributed by atoms with E-state index in [1.54, 1.807) is 24.3 Å². The van der Waals surface area contributed by atoms with Gasteiger partial charge in [-0.25, -0.2) is 19.4 Å². The lowest BCUT2D eigenvalue weighted by Crippen LogP contribution is -2.44. The van der Waals surface area contributed by atoms with E-state index < -0.39 is 63.0 Å². The zero-order chi connectivity index (χ0) is 43.2. The van der Waals surface area contributed by atoms with E-state index in [2.05, 4.69) is 39.8 Å². The van der Waals surface area contributed by atoms with E-state index in [9.17, 15) is 23.7 Å². The number of anilines is 1. The van der Waals surface area contributed by atoms with Crippen molar-refractivity contribution in [3.05, 3.63) is 48.3 Å². The maximum atomic E-state index is 14.7. The molecular formula is C43H64FN6O9P. The molecule has 0 radical (unpaired) electrons. The molecule has 2 aromatic heterocycles. The summed E-state index contributed by atoms with van der Waals surface area (Å²) in [4.78, 5) is 38.0. The van der Waals surface area contributed by atoms with Crippen molar-refractivity contribution in [1.82, 2.24) is 24.6 Å². The number of terminal acetylenes is 1. The molecule has 0 spiro atoms. The second kappa shape index (κ2) is 25.7. The zero-order valence-electron chi connectivity index (χ0n) is 35.2. The zero-order valence-corrected chi connectivity index (χ0v) is 36.1. The summed E-state index contributed by atoms with van der Waals surface area (Å²) in [6, 6.07) is 7.79. The van der Waals surface area contributed by atoms with Gasteiger partial charge in [0, 0.05) is 6.42 Å². The number of fused-ring (bicyclic) bond motifs is 1. The quantitative estimate of drug-likeness (QED) is 0.0192. The number of halogens is 1. The number of hydrogen-bond acceptors (Lipinski definition) is 13. The van der Waals surface area contributed by atoms with Crippen LogP contribution in [0.5, 0.6) is 0 Å². The Morgan fingerprint density at radius 3 is 2.18 bits per heavy atom. The molecule has 0 unspecified atom stereocenters. The highest BCUT2D eigenvalue weighted by molar-refractivity contribution is 7.51. The third-order valence-electron chi connectivity index (χ3n) is 10.5. The third kappa shape index (κ3) is 15.5. The number of carbonyl (C=O) groups excluding carboxylic acids is 2. The van der Waals surface area contributed by atoms with Crippen molar-refractivity contribution in [2.24, 2.45) is 0 Å².